The van der Waals surface area contributed by atoms with Crippen molar-refractivity contribution in [1.82, 2.24) is 20.1 Å². The lowest BCUT2D eigenvalue weighted by Gasteiger charge is -2.53. The molecule has 142 valence electrons. The molecule has 2 fully saturated rings. The Morgan fingerprint density at radius 2 is 2.19 bits per heavy atom. The van der Waals surface area contributed by atoms with Gasteiger partial charge in [-0.1, -0.05) is 12.1 Å². The zero-order valence-corrected chi connectivity index (χ0v) is 15.6. The molecule has 2 aromatic rings. The molecular weight excluding hydrogens is 344 g/mol. The van der Waals surface area contributed by atoms with Crippen LogP contribution in [0.3, 0.4) is 0 Å². The summed E-state index contributed by atoms with van der Waals surface area (Å²) in [5, 5.41) is 3.65. The molecule has 1 aromatic carbocycles. The van der Waals surface area contributed by atoms with Crippen molar-refractivity contribution in [1.29, 1.82) is 0 Å². The van der Waals surface area contributed by atoms with E-state index in [2.05, 4.69) is 46.6 Å². The molecule has 7 nitrogen and oxygen atoms in total. The zero-order valence-electron chi connectivity index (χ0n) is 15.6. The number of ether oxygens (including phenoxy) is 1. The Labute approximate surface area is 157 Å². The average Bonchev–Trinajstić information content (AvgIpc) is 3.20. The number of hydrogen-bond acceptors (Lipinski definition) is 4. The van der Waals surface area contributed by atoms with Crippen LogP contribution in [0.25, 0.3) is 10.9 Å². The largest absolute Gasteiger partial charge is 0.372 e. The molecular formula is C20H24N4O3. The van der Waals surface area contributed by atoms with Crippen molar-refractivity contribution >= 4 is 22.8 Å². The Morgan fingerprint density at radius 1 is 1.33 bits per heavy atom. The second kappa shape index (κ2) is 5.81. The van der Waals surface area contributed by atoms with Gasteiger partial charge >= 0.3 is 6.03 Å². The van der Waals surface area contributed by atoms with E-state index in [1.807, 2.05) is 0 Å². The molecule has 0 saturated carbocycles. The minimum absolute atomic E-state index is 0.153. The van der Waals surface area contributed by atoms with E-state index in [9.17, 15) is 9.59 Å². The van der Waals surface area contributed by atoms with Crippen LogP contribution in [0.15, 0.2) is 24.4 Å². The predicted octanol–water partition coefficient (Wildman–Crippen LogP) is 1.44. The van der Waals surface area contributed by atoms with Gasteiger partial charge in [0.1, 0.15) is 12.1 Å². The number of likely N-dealkylation sites (N-methyl/N-ethyl adjacent to an activating group) is 1. The molecule has 1 aromatic heterocycles. The molecule has 2 saturated heterocycles. The summed E-state index contributed by atoms with van der Waals surface area (Å²) in [6.45, 7) is 1.60. The van der Waals surface area contributed by atoms with Gasteiger partial charge in [0.2, 0.25) is 5.91 Å². The number of nitrogens with zero attached hydrogens (tertiary/aromatic N) is 2. The molecule has 0 spiro atoms. The van der Waals surface area contributed by atoms with Crippen molar-refractivity contribution < 1.29 is 14.3 Å². The molecule has 27 heavy (non-hydrogen) atoms. The van der Waals surface area contributed by atoms with Gasteiger partial charge in [-0.25, -0.2) is 4.79 Å². The first-order valence-corrected chi connectivity index (χ1v) is 9.45. The van der Waals surface area contributed by atoms with E-state index in [-0.39, 0.29) is 30.4 Å². The van der Waals surface area contributed by atoms with Gasteiger partial charge < -0.3 is 14.6 Å². The van der Waals surface area contributed by atoms with E-state index in [4.69, 9.17) is 4.74 Å². The minimum atomic E-state index is -0.410. The highest BCUT2D eigenvalue weighted by Gasteiger charge is 2.52. The van der Waals surface area contributed by atoms with Crippen molar-refractivity contribution in [3.63, 3.8) is 0 Å². The number of benzene rings is 1. The number of nitrogens with one attached hydrogen (secondary N) is 2. The SMILES string of the molecule is CO[C@]12C[C@@H](CN3CC(=O)NC3=O)CN(C)[C@@H]1Cc1c[nH]c3cccc2c13. The monoisotopic (exact) mass is 368 g/mol. The molecule has 0 radical (unpaired) electrons. The average molecular weight is 368 g/mol. The first-order chi connectivity index (χ1) is 13.0. The molecule has 3 aliphatic rings. The summed E-state index contributed by atoms with van der Waals surface area (Å²) in [6.07, 6.45) is 3.89. The van der Waals surface area contributed by atoms with Crippen molar-refractivity contribution in [2.75, 3.05) is 33.8 Å². The summed E-state index contributed by atoms with van der Waals surface area (Å²) < 4.78 is 6.27. The number of piperidine rings is 1. The number of H-pyrrole nitrogens is 1. The first-order valence-electron chi connectivity index (χ1n) is 9.45. The van der Waals surface area contributed by atoms with Crippen molar-refractivity contribution in [3.05, 3.63) is 35.5 Å². The Bertz CT molecular complexity index is 938. The molecule has 5 rings (SSSR count). The fourth-order valence-electron chi connectivity index (χ4n) is 5.50. The van der Waals surface area contributed by atoms with E-state index < -0.39 is 5.60 Å². The highest BCUT2D eigenvalue weighted by Crippen LogP contribution is 2.49. The van der Waals surface area contributed by atoms with Gasteiger partial charge in [0.15, 0.2) is 0 Å². The van der Waals surface area contributed by atoms with Crippen LogP contribution in [0.1, 0.15) is 17.5 Å². The van der Waals surface area contributed by atoms with Crippen LogP contribution >= 0.6 is 0 Å². The van der Waals surface area contributed by atoms with Gasteiger partial charge in [0, 0.05) is 43.3 Å². The van der Waals surface area contributed by atoms with Crippen molar-refractivity contribution in [3.8, 4) is 0 Å². The fourth-order valence-corrected chi connectivity index (χ4v) is 5.50. The van der Waals surface area contributed by atoms with Gasteiger partial charge in [0.25, 0.3) is 0 Å². The van der Waals surface area contributed by atoms with Gasteiger partial charge in [0.05, 0.1) is 0 Å². The molecule has 1 aliphatic carbocycles. The van der Waals surface area contributed by atoms with Crippen LogP contribution in [-0.2, 0) is 21.6 Å². The van der Waals surface area contributed by atoms with Gasteiger partial charge in [-0.15, -0.1) is 0 Å². The number of imide groups is 1. The van der Waals surface area contributed by atoms with Gasteiger partial charge in [-0.05, 0) is 43.0 Å². The maximum absolute atomic E-state index is 12.0. The minimum Gasteiger partial charge on any atom is -0.372 e. The predicted molar refractivity (Wildman–Crippen MR) is 100 cm³/mol. The van der Waals surface area contributed by atoms with Crippen LogP contribution in [0.4, 0.5) is 4.79 Å². The third kappa shape index (κ3) is 2.34. The van der Waals surface area contributed by atoms with Crippen molar-refractivity contribution in [2.24, 2.45) is 5.92 Å². The Morgan fingerprint density at radius 3 is 2.93 bits per heavy atom. The molecule has 3 amide bonds. The highest BCUT2D eigenvalue weighted by atomic mass is 16.5. The lowest BCUT2D eigenvalue weighted by atomic mass is 9.68. The van der Waals surface area contributed by atoms with Crippen LogP contribution in [0.2, 0.25) is 0 Å². The number of likely N-dealkylation sites (tertiary alicyclic amines) is 1. The second-order valence-electron chi connectivity index (χ2n) is 8.10. The summed E-state index contributed by atoms with van der Waals surface area (Å²) in [6, 6.07) is 6.34. The standard InChI is InChI=1S/C20H24N4O3/c1-23-9-12(10-24-11-17(25)22-19(24)26)7-20(27-2)14-4-3-5-15-18(14)13(8-21-15)6-16(20)23/h3-5,8,12,16,21H,6-7,9-11H2,1-2H3,(H,22,25,26)/t12-,16-,20+/m1/s1. The second-order valence-corrected chi connectivity index (χ2v) is 8.10. The molecule has 0 bridgehead atoms. The van der Waals surface area contributed by atoms with Gasteiger partial charge in [-0.2, -0.15) is 0 Å². The lowest BCUT2D eigenvalue weighted by molar-refractivity contribution is -0.127. The number of aromatic nitrogens is 1. The van der Waals surface area contributed by atoms with Crippen LogP contribution in [-0.4, -0.2) is 66.6 Å². The molecule has 7 heteroatoms. The molecule has 3 atom stereocenters. The van der Waals surface area contributed by atoms with Crippen LogP contribution in [0, 0.1) is 5.92 Å². The van der Waals surface area contributed by atoms with E-state index in [1.165, 1.54) is 16.5 Å². The number of rotatable bonds is 3. The van der Waals surface area contributed by atoms with E-state index in [1.54, 1.807) is 12.0 Å². The van der Waals surface area contributed by atoms with E-state index in [0.29, 0.717) is 6.54 Å². The Kier molecular flexibility index (Phi) is 3.61. The summed E-state index contributed by atoms with van der Waals surface area (Å²) in [7, 11) is 3.93. The zero-order chi connectivity index (χ0) is 18.8. The molecule has 2 N–H and O–H groups in total. The number of urea groups is 1. The summed E-state index contributed by atoms with van der Waals surface area (Å²) in [4.78, 5) is 30.9. The number of amides is 3. The summed E-state index contributed by atoms with van der Waals surface area (Å²) >= 11 is 0. The number of fused-ring (bicyclic) bond motifs is 2. The highest BCUT2D eigenvalue weighted by molar-refractivity contribution is 6.01. The molecule has 3 heterocycles. The molecule has 2 aliphatic heterocycles. The number of methoxy groups -OCH3 is 1. The quantitative estimate of drug-likeness (QED) is 0.804. The smallest absolute Gasteiger partial charge is 0.324 e. The Balaban J connectivity index is 1.53. The first kappa shape index (κ1) is 16.8. The number of aromatic amines is 1. The number of carbonyl (C=O) groups is 2. The number of carbonyl (C=O) groups excluding carboxylic acids is 2. The maximum Gasteiger partial charge on any atom is 0.324 e. The van der Waals surface area contributed by atoms with Crippen LogP contribution < -0.4 is 5.32 Å². The third-order valence-electron chi connectivity index (χ3n) is 6.58. The summed E-state index contributed by atoms with van der Waals surface area (Å²) in [5.41, 5.74) is 3.31. The fraction of sp³-hybridized carbons (Fsp3) is 0.500. The van der Waals surface area contributed by atoms with E-state index >= 15 is 0 Å². The number of hydrogen-bond donors (Lipinski definition) is 2. The third-order valence-corrected chi connectivity index (χ3v) is 6.58. The van der Waals surface area contributed by atoms with Gasteiger partial charge in [-0.3, -0.25) is 15.0 Å². The lowest BCUT2D eigenvalue weighted by Crippen LogP contribution is -2.60. The van der Waals surface area contributed by atoms with E-state index in [0.717, 1.165) is 24.9 Å². The normalized spacial score (nSPS) is 30.7. The summed E-state index contributed by atoms with van der Waals surface area (Å²) in [5.74, 6) is 0.0153. The Hall–Kier alpha value is -2.38. The van der Waals surface area contributed by atoms with Crippen molar-refractivity contribution in [2.45, 2.75) is 24.5 Å². The van der Waals surface area contributed by atoms with Crippen LogP contribution in [0.5, 0.6) is 0 Å². The molecule has 0 unspecified atom stereocenters. The topological polar surface area (TPSA) is 77.7 Å². The maximum atomic E-state index is 12.0.